The van der Waals surface area contributed by atoms with E-state index in [1.807, 2.05) is 0 Å². The Kier molecular flexibility index (Phi) is 60.7. The molecule has 0 bridgehead atoms. The molecule has 11 heavy (non-hydrogen) atoms. The Hall–Kier alpha value is 0.762. The van der Waals surface area contributed by atoms with Crippen LogP contribution in [0.1, 0.15) is 15.3 Å². The van der Waals surface area contributed by atoms with Gasteiger partial charge in [-0.05, 0) is 0 Å². The largest absolute Gasteiger partial charge is 1.00 e. The van der Waals surface area contributed by atoms with Crippen LogP contribution in [0.4, 0.5) is 0 Å². The smallest absolute Gasteiger partial charge is 1.00 e. The number of carbonyl (C=O) groups is 2. The number of hydrogen-bond acceptors (Lipinski definition) is 2. The second-order valence-electron chi connectivity index (χ2n) is 1.04. The zero-order chi connectivity index (χ0) is 7.15. The van der Waals surface area contributed by atoms with Crippen LogP contribution in [0.5, 0.6) is 0 Å². The summed E-state index contributed by atoms with van der Waals surface area (Å²) in [5.41, 5.74) is 0. The van der Waals surface area contributed by atoms with E-state index in [-0.39, 0.29) is 60.8 Å². The molecular weight excluding hydrogens is 197 g/mol. The molecule has 0 heterocycles. The number of carboxylic acid groups (broad SMARTS) is 2. The predicted molar refractivity (Wildman–Crippen MR) is 44.9 cm³/mol. The molecule has 64 valence electrons. The molecule has 0 saturated heterocycles. The molecular formula is C4H13AlClNaO4. The van der Waals surface area contributed by atoms with Crippen molar-refractivity contribution in [3.63, 3.8) is 0 Å². The Morgan fingerprint density at radius 2 is 1.09 bits per heavy atom. The Labute approximate surface area is 106 Å². The number of halogens is 1. The Bertz CT molecular complexity index is 85.1. The average Bonchev–Trinajstić information content (AvgIpc) is 1.25. The summed E-state index contributed by atoms with van der Waals surface area (Å²) in [5, 5.41) is 14.8. The number of carboxylic acids is 2. The third-order valence-corrected chi connectivity index (χ3v) is 0. The van der Waals surface area contributed by atoms with E-state index in [1.165, 1.54) is 0 Å². The standard InChI is InChI=1S/2C2H4O2.Al.ClH.Na.4H/c2*1-2(3)4;;;;;;;/h2*1H3,(H,3,4);;1H;;;;;/q;;;;+1;;;;-1. The van der Waals surface area contributed by atoms with Crippen molar-refractivity contribution in [1.29, 1.82) is 0 Å². The summed E-state index contributed by atoms with van der Waals surface area (Å²) in [6.07, 6.45) is 0. The normalized spacial score (nSPS) is 4.55. The molecule has 0 aromatic heterocycles. The minimum absolute atomic E-state index is 0. The van der Waals surface area contributed by atoms with Crippen LogP contribution in [-0.4, -0.2) is 39.5 Å². The molecule has 7 heteroatoms. The molecule has 0 rings (SSSR count). The summed E-state index contributed by atoms with van der Waals surface area (Å²) in [5.74, 6) is -1.67. The molecule has 0 radical (unpaired) electrons. The maximum absolute atomic E-state index is 9.00. The molecule has 0 atom stereocenters. The van der Waals surface area contributed by atoms with Gasteiger partial charge in [0.05, 0.1) is 0 Å². The zero-order valence-electron chi connectivity index (χ0n) is 7.12. The van der Waals surface area contributed by atoms with Crippen LogP contribution in [0.3, 0.4) is 0 Å². The van der Waals surface area contributed by atoms with Gasteiger partial charge in [0.25, 0.3) is 11.9 Å². The molecule has 0 aromatic rings. The monoisotopic (exact) mass is 210 g/mol. The summed E-state index contributed by atoms with van der Waals surface area (Å²) in [6, 6.07) is 0. The first kappa shape index (κ1) is 29.8. The van der Waals surface area contributed by atoms with Gasteiger partial charge in [0.15, 0.2) is 17.4 Å². The third kappa shape index (κ3) is 1420. The van der Waals surface area contributed by atoms with Crippen LogP contribution >= 0.6 is 12.4 Å². The maximum Gasteiger partial charge on any atom is 1.00 e. The fraction of sp³-hybridized carbons (Fsp3) is 0.500. The number of hydrogen-bond donors (Lipinski definition) is 2. The maximum atomic E-state index is 9.00. The van der Waals surface area contributed by atoms with Gasteiger partial charge in [0, 0.05) is 13.8 Å². The van der Waals surface area contributed by atoms with Gasteiger partial charge in [-0.1, -0.05) is 0 Å². The fourth-order valence-electron chi connectivity index (χ4n) is 0. The van der Waals surface area contributed by atoms with Crippen molar-refractivity contribution in [3.8, 4) is 0 Å². The van der Waals surface area contributed by atoms with Crippen LogP contribution < -0.4 is 29.6 Å². The van der Waals surface area contributed by atoms with E-state index in [4.69, 9.17) is 19.8 Å². The number of rotatable bonds is 0. The van der Waals surface area contributed by atoms with Crippen molar-refractivity contribution < 1.29 is 50.8 Å². The molecule has 0 aromatic carbocycles. The summed E-state index contributed by atoms with van der Waals surface area (Å²) in [6.45, 7) is 2.17. The minimum Gasteiger partial charge on any atom is -1.00 e. The second-order valence-corrected chi connectivity index (χ2v) is 1.04. The van der Waals surface area contributed by atoms with Gasteiger partial charge in [0.2, 0.25) is 0 Å². The summed E-state index contributed by atoms with van der Waals surface area (Å²) < 4.78 is 0. The van der Waals surface area contributed by atoms with E-state index in [2.05, 4.69) is 0 Å². The first-order chi connectivity index (χ1) is 3.46. The molecule has 0 spiro atoms. The van der Waals surface area contributed by atoms with E-state index >= 15 is 0 Å². The Morgan fingerprint density at radius 3 is 1.09 bits per heavy atom. The first-order valence-electron chi connectivity index (χ1n) is 1.86. The van der Waals surface area contributed by atoms with Gasteiger partial charge < -0.3 is 11.6 Å². The molecule has 4 nitrogen and oxygen atoms in total. The molecule has 0 aliphatic carbocycles. The summed E-state index contributed by atoms with van der Waals surface area (Å²) >= 11 is 0. The molecule has 0 aliphatic rings. The van der Waals surface area contributed by atoms with Crippen molar-refractivity contribution in [3.05, 3.63) is 0 Å². The van der Waals surface area contributed by atoms with Crippen LogP contribution in [-0.2, 0) is 9.59 Å². The van der Waals surface area contributed by atoms with Gasteiger partial charge in [0.1, 0.15) is 0 Å². The van der Waals surface area contributed by atoms with Crippen molar-refractivity contribution >= 4 is 41.7 Å². The summed E-state index contributed by atoms with van der Waals surface area (Å²) in [4.78, 5) is 18.0. The van der Waals surface area contributed by atoms with Gasteiger partial charge in [-0.25, -0.2) is 0 Å². The van der Waals surface area contributed by atoms with Gasteiger partial charge in [-0.3, -0.25) is 9.59 Å². The van der Waals surface area contributed by atoms with Gasteiger partial charge in [-0.15, -0.1) is 12.4 Å². The number of aliphatic carboxylic acids is 2. The molecule has 0 unspecified atom stereocenters. The molecule has 0 fully saturated rings. The van der Waals surface area contributed by atoms with Gasteiger partial charge >= 0.3 is 29.6 Å². The van der Waals surface area contributed by atoms with Crippen molar-refractivity contribution in [2.24, 2.45) is 0 Å². The minimum atomic E-state index is -0.833. The quantitative estimate of drug-likeness (QED) is 0.408. The van der Waals surface area contributed by atoms with E-state index in [0.29, 0.717) is 0 Å². The summed E-state index contributed by atoms with van der Waals surface area (Å²) in [7, 11) is 0. The van der Waals surface area contributed by atoms with E-state index in [9.17, 15) is 0 Å². The van der Waals surface area contributed by atoms with Crippen LogP contribution in [0.25, 0.3) is 0 Å². The SMILES string of the molecule is CC(=O)O.CC(=O)O.Cl.[AlH3].[H-].[Na+]. The van der Waals surface area contributed by atoms with Crippen molar-refractivity contribution in [2.45, 2.75) is 13.8 Å². The Balaban J connectivity index is -0.0000000112. The zero-order valence-corrected chi connectivity index (χ0v) is 8.94. The van der Waals surface area contributed by atoms with E-state index < -0.39 is 11.9 Å². The van der Waals surface area contributed by atoms with Crippen LogP contribution in [0, 0.1) is 0 Å². The van der Waals surface area contributed by atoms with Crippen molar-refractivity contribution in [2.75, 3.05) is 0 Å². The third-order valence-electron chi connectivity index (χ3n) is 0. The average molecular weight is 211 g/mol. The van der Waals surface area contributed by atoms with E-state index in [0.717, 1.165) is 13.8 Å². The van der Waals surface area contributed by atoms with E-state index in [1.54, 1.807) is 0 Å². The molecule has 0 amide bonds. The molecule has 0 aliphatic heterocycles. The first-order valence-corrected chi connectivity index (χ1v) is 1.86. The topological polar surface area (TPSA) is 74.6 Å². The molecule has 0 saturated carbocycles. The van der Waals surface area contributed by atoms with Crippen molar-refractivity contribution in [1.82, 2.24) is 0 Å². The second kappa shape index (κ2) is 22.4. The predicted octanol–water partition coefficient (Wildman–Crippen LogP) is -3.46. The molecule has 2 N–H and O–H groups in total. The van der Waals surface area contributed by atoms with Crippen LogP contribution in [0.2, 0.25) is 0 Å². The van der Waals surface area contributed by atoms with Gasteiger partial charge in [-0.2, -0.15) is 0 Å². The van der Waals surface area contributed by atoms with Crippen LogP contribution in [0.15, 0.2) is 0 Å². The Morgan fingerprint density at radius 1 is 1.09 bits per heavy atom. The fourth-order valence-corrected chi connectivity index (χ4v) is 0.